The van der Waals surface area contributed by atoms with E-state index in [0.29, 0.717) is 12.8 Å². The molecule has 3 rings (SSSR count). The fourth-order valence-corrected chi connectivity index (χ4v) is 4.44. The topological polar surface area (TPSA) is 125 Å². The Kier molecular flexibility index (Phi) is 11.4. The highest BCUT2D eigenvalue weighted by molar-refractivity contribution is 5.49. The maximum atomic E-state index is 10.4. The maximum Gasteiger partial charge on any atom is 0.160 e. The summed E-state index contributed by atoms with van der Waals surface area (Å²) in [6, 6.07) is 15.5. The van der Waals surface area contributed by atoms with E-state index in [1.165, 1.54) is 12.5 Å². The molecule has 0 atom stereocenters. The molecule has 0 unspecified atom stereocenters. The quantitative estimate of drug-likeness (QED) is 0.112. The van der Waals surface area contributed by atoms with Crippen LogP contribution in [0.5, 0.6) is 28.7 Å². The van der Waals surface area contributed by atoms with Crippen molar-refractivity contribution in [2.75, 3.05) is 26.2 Å². The van der Waals surface area contributed by atoms with Gasteiger partial charge < -0.3 is 36.2 Å². The Morgan fingerprint density at radius 1 is 0.514 bits per heavy atom. The zero-order valence-electron chi connectivity index (χ0n) is 21.4. The molecule has 0 aliphatic carbocycles. The van der Waals surface area contributed by atoms with Gasteiger partial charge in [-0.15, -0.1) is 0 Å². The third kappa shape index (κ3) is 9.52. The molecule has 37 heavy (non-hydrogen) atoms. The zero-order valence-corrected chi connectivity index (χ0v) is 21.4. The molecule has 200 valence electrons. The summed E-state index contributed by atoms with van der Waals surface area (Å²) in [5.41, 5.74) is 3.77. The van der Waals surface area contributed by atoms with Crippen LogP contribution in [-0.4, -0.2) is 51.7 Å². The monoisotopic (exact) mass is 508 g/mol. The van der Waals surface area contributed by atoms with E-state index in [0.717, 1.165) is 80.5 Å². The molecule has 7 heteroatoms. The normalized spacial score (nSPS) is 11.1. The van der Waals surface area contributed by atoms with Crippen LogP contribution in [0.1, 0.15) is 47.9 Å². The number of hydrogen-bond donors (Lipinski definition) is 7. The molecule has 0 bridgehead atoms. The van der Waals surface area contributed by atoms with E-state index < -0.39 is 0 Å². The van der Waals surface area contributed by atoms with Gasteiger partial charge in [0.15, 0.2) is 23.0 Å². The number of aryl methyl sites for hydroxylation is 1. The minimum absolute atomic E-state index is 0.0486. The van der Waals surface area contributed by atoms with Crippen LogP contribution in [0, 0.1) is 0 Å². The molecule has 0 saturated heterocycles. The molecule has 3 aromatic carbocycles. The van der Waals surface area contributed by atoms with Gasteiger partial charge in [-0.25, -0.2) is 0 Å². The van der Waals surface area contributed by atoms with Gasteiger partial charge in [-0.3, -0.25) is 0 Å². The first-order valence-corrected chi connectivity index (χ1v) is 13.2. The van der Waals surface area contributed by atoms with Gasteiger partial charge >= 0.3 is 0 Å². The number of nitrogens with one attached hydrogen (secondary N) is 2. The van der Waals surface area contributed by atoms with E-state index >= 15 is 0 Å². The van der Waals surface area contributed by atoms with Crippen molar-refractivity contribution in [1.82, 2.24) is 10.6 Å². The summed E-state index contributed by atoms with van der Waals surface area (Å²) in [7, 11) is 0. The fourth-order valence-electron chi connectivity index (χ4n) is 4.44. The van der Waals surface area contributed by atoms with Crippen LogP contribution >= 0.6 is 0 Å². The Hall–Kier alpha value is -3.42. The molecule has 0 spiro atoms. The van der Waals surface area contributed by atoms with E-state index in [9.17, 15) is 25.5 Å². The lowest BCUT2D eigenvalue weighted by atomic mass is 9.96. The summed E-state index contributed by atoms with van der Waals surface area (Å²) < 4.78 is 0. The van der Waals surface area contributed by atoms with Gasteiger partial charge in [-0.2, -0.15) is 0 Å². The summed E-state index contributed by atoms with van der Waals surface area (Å²) in [4.78, 5) is 0. The van der Waals surface area contributed by atoms with Gasteiger partial charge in [0.2, 0.25) is 0 Å². The van der Waals surface area contributed by atoms with E-state index in [-0.39, 0.29) is 28.7 Å². The van der Waals surface area contributed by atoms with Crippen LogP contribution in [0.3, 0.4) is 0 Å². The van der Waals surface area contributed by atoms with E-state index in [1.807, 2.05) is 18.2 Å². The van der Waals surface area contributed by atoms with Crippen molar-refractivity contribution in [3.8, 4) is 28.7 Å². The summed E-state index contributed by atoms with van der Waals surface area (Å²) >= 11 is 0. The largest absolute Gasteiger partial charge is 0.508 e. The molecule has 0 fully saturated rings. The Morgan fingerprint density at radius 2 is 1.19 bits per heavy atom. The van der Waals surface area contributed by atoms with Gasteiger partial charge in [0, 0.05) is 5.56 Å². The Labute approximate surface area is 219 Å². The molecule has 7 N–H and O–H groups in total. The minimum Gasteiger partial charge on any atom is -0.508 e. The molecule has 0 aliphatic heterocycles. The van der Waals surface area contributed by atoms with Crippen LogP contribution < -0.4 is 10.6 Å². The third-order valence-electron chi connectivity index (χ3n) is 6.59. The maximum absolute atomic E-state index is 10.4. The van der Waals surface area contributed by atoms with Crippen molar-refractivity contribution in [3.63, 3.8) is 0 Å². The van der Waals surface area contributed by atoms with E-state index in [4.69, 9.17) is 0 Å². The highest BCUT2D eigenvalue weighted by Gasteiger charge is 2.12. The van der Waals surface area contributed by atoms with Gasteiger partial charge in [-0.1, -0.05) is 37.1 Å². The van der Waals surface area contributed by atoms with Gasteiger partial charge in [0.05, 0.1) is 0 Å². The first kappa shape index (κ1) is 28.2. The van der Waals surface area contributed by atoms with Crippen LogP contribution in [-0.2, 0) is 25.7 Å². The average molecular weight is 509 g/mol. The number of phenols is 5. The van der Waals surface area contributed by atoms with Crippen LogP contribution in [0.4, 0.5) is 0 Å². The van der Waals surface area contributed by atoms with Crippen molar-refractivity contribution >= 4 is 0 Å². The number of unbranched alkanes of at least 4 members (excludes halogenated alkanes) is 3. The molecular weight excluding hydrogens is 468 g/mol. The first-order valence-electron chi connectivity index (χ1n) is 13.2. The number of phenolic OH excluding ortho intramolecular Hbond substituents is 5. The molecule has 0 amide bonds. The lowest BCUT2D eigenvalue weighted by molar-refractivity contribution is 0.398. The highest BCUT2D eigenvalue weighted by atomic mass is 16.3. The van der Waals surface area contributed by atoms with E-state index in [1.54, 1.807) is 30.3 Å². The molecule has 0 aliphatic rings. The number of aromatic hydroxyl groups is 5. The van der Waals surface area contributed by atoms with Crippen molar-refractivity contribution < 1.29 is 25.5 Å². The zero-order chi connectivity index (χ0) is 26.5. The molecule has 0 saturated carbocycles. The van der Waals surface area contributed by atoms with Gasteiger partial charge in [0.1, 0.15) is 5.75 Å². The summed E-state index contributed by atoms with van der Waals surface area (Å²) in [6.07, 6.45) is 7.40. The third-order valence-corrected chi connectivity index (χ3v) is 6.59. The van der Waals surface area contributed by atoms with Crippen molar-refractivity contribution in [2.45, 2.75) is 51.4 Å². The highest BCUT2D eigenvalue weighted by Crippen LogP contribution is 2.33. The van der Waals surface area contributed by atoms with Crippen LogP contribution in [0.15, 0.2) is 54.6 Å². The Bertz CT molecular complexity index is 1120. The van der Waals surface area contributed by atoms with E-state index in [2.05, 4.69) is 10.6 Å². The molecule has 0 heterocycles. The first-order chi connectivity index (χ1) is 17.9. The number of benzene rings is 3. The predicted octanol–water partition coefficient (Wildman–Crippen LogP) is 4.52. The molecule has 0 radical (unpaired) electrons. The average Bonchev–Trinajstić information content (AvgIpc) is 2.88. The fraction of sp³-hybridized carbons (Fsp3) is 0.400. The second-order valence-corrected chi connectivity index (χ2v) is 9.48. The van der Waals surface area contributed by atoms with Gasteiger partial charge in [0.25, 0.3) is 0 Å². The van der Waals surface area contributed by atoms with Gasteiger partial charge in [-0.05, 0) is 112 Å². The summed E-state index contributed by atoms with van der Waals surface area (Å²) in [5.74, 6) is -0.0789. The lowest BCUT2D eigenvalue weighted by Crippen LogP contribution is -2.20. The molecule has 7 nitrogen and oxygen atoms in total. The van der Waals surface area contributed by atoms with Crippen LogP contribution in [0.2, 0.25) is 0 Å². The van der Waals surface area contributed by atoms with Crippen molar-refractivity contribution in [3.05, 3.63) is 76.9 Å². The summed E-state index contributed by atoms with van der Waals surface area (Å²) in [5, 5.41) is 55.9. The second kappa shape index (κ2) is 15.0. The molecule has 0 aromatic heterocycles. The standard InChI is InChI=1S/C30H40N2O5/c33-25-7-5-6-22(20-25)8-11-26-24(10-13-28(35)30(26)37)15-19-32-17-4-2-1-3-16-31-18-14-23-9-12-27(34)29(36)21-23/h5-7,9-10,12-13,20-21,31-37H,1-4,8,11,14-19H2. The van der Waals surface area contributed by atoms with Crippen LogP contribution in [0.25, 0.3) is 0 Å². The smallest absolute Gasteiger partial charge is 0.160 e. The Balaban J connectivity index is 1.26. The Morgan fingerprint density at radius 3 is 1.89 bits per heavy atom. The molecular formula is C30H40N2O5. The molecule has 3 aromatic rings. The minimum atomic E-state index is -0.100. The van der Waals surface area contributed by atoms with Crippen molar-refractivity contribution in [1.29, 1.82) is 0 Å². The number of rotatable bonds is 16. The second-order valence-electron chi connectivity index (χ2n) is 9.48. The predicted molar refractivity (Wildman–Crippen MR) is 147 cm³/mol. The SMILES string of the molecule is Oc1cccc(CCc2c(CCNCCCCCCNCCc3ccc(O)c(O)c3)ccc(O)c2O)c1. The van der Waals surface area contributed by atoms with Crippen molar-refractivity contribution in [2.24, 2.45) is 0 Å². The number of hydrogen-bond acceptors (Lipinski definition) is 7. The summed E-state index contributed by atoms with van der Waals surface area (Å²) in [6.45, 7) is 3.56. The lowest BCUT2D eigenvalue weighted by Gasteiger charge is -2.14.